The van der Waals surface area contributed by atoms with Crippen LogP contribution in [0.4, 0.5) is 0 Å². The number of likely N-dealkylation sites (N-methyl/N-ethyl adjacent to an activating group) is 1. The number of nitrogens with one attached hydrogen (secondary N) is 1. The molecule has 0 radical (unpaired) electrons. The van der Waals surface area contributed by atoms with E-state index < -0.39 is 0 Å². The Morgan fingerprint density at radius 1 is 1.14 bits per heavy atom. The summed E-state index contributed by atoms with van der Waals surface area (Å²) in [5, 5.41) is 4.29. The van der Waals surface area contributed by atoms with Crippen molar-refractivity contribution in [3.63, 3.8) is 0 Å². The fourth-order valence-electron chi connectivity index (χ4n) is 4.13. The first kappa shape index (κ1) is 18.6. The van der Waals surface area contributed by atoms with Gasteiger partial charge in [0.25, 0.3) is 0 Å². The molecule has 0 saturated carbocycles. The Morgan fingerprint density at radius 3 is 2.68 bits per heavy atom. The highest BCUT2D eigenvalue weighted by atomic mass is 32.1. The van der Waals surface area contributed by atoms with Gasteiger partial charge in [0.15, 0.2) is 5.11 Å². The van der Waals surface area contributed by atoms with Gasteiger partial charge >= 0.3 is 0 Å². The first-order valence-electron chi connectivity index (χ1n) is 9.63. The van der Waals surface area contributed by atoms with Gasteiger partial charge in [-0.15, -0.1) is 0 Å². The summed E-state index contributed by atoms with van der Waals surface area (Å²) < 4.78 is 2.36. The Bertz CT molecular complexity index is 967. The summed E-state index contributed by atoms with van der Waals surface area (Å²) in [6.07, 6.45) is 5.59. The molecule has 1 aliphatic rings. The zero-order valence-electron chi connectivity index (χ0n) is 16.5. The molecule has 1 fully saturated rings. The van der Waals surface area contributed by atoms with Crippen molar-refractivity contribution in [3.05, 3.63) is 83.2 Å². The molecule has 6 heteroatoms. The SMILES string of the molecule is CCN1C(=S)N[C@H](c2ccccn2)[C@@H]1c1cc(C)n(Cc2cccnc2)c1C. The molecule has 3 aromatic heterocycles. The van der Waals surface area contributed by atoms with Crippen molar-refractivity contribution in [2.75, 3.05) is 6.54 Å². The van der Waals surface area contributed by atoms with E-state index in [1.807, 2.05) is 36.8 Å². The third kappa shape index (κ3) is 3.29. The van der Waals surface area contributed by atoms with Crippen molar-refractivity contribution in [1.29, 1.82) is 0 Å². The van der Waals surface area contributed by atoms with Crippen LogP contribution in [0.25, 0.3) is 0 Å². The molecule has 0 bridgehead atoms. The standard InChI is InChI=1S/C22H25N5S/c1-4-26-21(20(25-22(26)28)19-9-5-6-11-24-19)18-12-15(2)27(16(18)3)14-17-8-7-10-23-13-17/h5-13,20-21H,4,14H2,1-3H3,(H,25,28)/t20-,21+/m1/s1. The Hall–Kier alpha value is -2.73. The molecule has 28 heavy (non-hydrogen) atoms. The Kier molecular flexibility index (Phi) is 5.13. The second-order valence-corrected chi connectivity index (χ2v) is 7.57. The van der Waals surface area contributed by atoms with Gasteiger partial charge < -0.3 is 14.8 Å². The summed E-state index contributed by atoms with van der Waals surface area (Å²) in [4.78, 5) is 11.1. The highest BCUT2D eigenvalue weighted by Crippen LogP contribution is 2.40. The quantitative estimate of drug-likeness (QED) is 0.668. The van der Waals surface area contributed by atoms with E-state index in [2.05, 4.69) is 63.7 Å². The number of rotatable bonds is 5. The number of thiocarbonyl (C=S) groups is 1. The number of pyridine rings is 2. The molecule has 0 aliphatic carbocycles. The van der Waals surface area contributed by atoms with Crippen molar-refractivity contribution in [1.82, 2.24) is 24.8 Å². The topological polar surface area (TPSA) is 46.0 Å². The lowest BCUT2D eigenvalue weighted by molar-refractivity contribution is 0.329. The highest BCUT2D eigenvalue weighted by molar-refractivity contribution is 7.80. The molecule has 3 aromatic rings. The molecule has 0 unspecified atom stereocenters. The van der Waals surface area contributed by atoms with Crippen molar-refractivity contribution in [2.24, 2.45) is 0 Å². The molecule has 5 nitrogen and oxygen atoms in total. The zero-order chi connectivity index (χ0) is 19.7. The van der Waals surface area contributed by atoms with E-state index >= 15 is 0 Å². The van der Waals surface area contributed by atoms with Gasteiger partial charge in [-0.05, 0) is 68.4 Å². The van der Waals surface area contributed by atoms with E-state index in [4.69, 9.17) is 12.2 Å². The third-order valence-corrected chi connectivity index (χ3v) is 5.89. The van der Waals surface area contributed by atoms with Crippen LogP contribution in [-0.4, -0.2) is 31.1 Å². The molecule has 0 aromatic carbocycles. The lowest BCUT2D eigenvalue weighted by atomic mass is 9.97. The van der Waals surface area contributed by atoms with Gasteiger partial charge in [0.2, 0.25) is 0 Å². The van der Waals surface area contributed by atoms with Gasteiger partial charge in [0.1, 0.15) is 0 Å². The molecule has 4 heterocycles. The summed E-state index contributed by atoms with van der Waals surface area (Å²) in [5.41, 5.74) is 6.01. The maximum Gasteiger partial charge on any atom is 0.170 e. The van der Waals surface area contributed by atoms with E-state index in [0.29, 0.717) is 0 Å². The van der Waals surface area contributed by atoms with E-state index in [-0.39, 0.29) is 12.1 Å². The van der Waals surface area contributed by atoms with Crippen LogP contribution in [0.5, 0.6) is 0 Å². The average molecular weight is 392 g/mol. The summed E-state index contributed by atoms with van der Waals surface area (Å²) in [7, 11) is 0. The van der Waals surface area contributed by atoms with Crippen LogP contribution >= 0.6 is 12.2 Å². The highest BCUT2D eigenvalue weighted by Gasteiger charge is 2.40. The average Bonchev–Trinajstić information content (AvgIpc) is 3.20. The predicted octanol–water partition coefficient (Wildman–Crippen LogP) is 3.94. The third-order valence-electron chi connectivity index (χ3n) is 5.53. The summed E-state index contributed by atoms with van der Waals surface area (Å²) in [5.74, 6) is 0. The first-order valence-corrected chi connectivity index (χ1v) is 10.0. The van der Waals surface area contributed by atoms with E-state index in [0.717, 1.165) is 23.9 Å². The van der Waals surface area contributed by atoms with Crippen molar-refractivity contribution >= 4 is 17.3 Å². The summed E-state index contributed by atoms with van der Waals surface area (Å²) in [6, 6.07) is 12.6. The Morgan fingerprint density at radius 2 is 2.00 bits per heavy atom. The van der Waals surface area contributed by atoms with Gasteiger partial charge in [-0.2, -0.15) is 0 Å². The van der Waals surface area contributed by atoms with Gasteiger partial charge in [-0.3, -0.25) is 9.97 Å². The van der Waals surface area contributed by atoms with Crippen LogP contribution in [0.1, 0.15) is 47.2 Å². The van der Waals surface area contributed by atoms with Crippen molar-refractivity contribution < 1.29 is 0 Å². The largest absolute Gasteiger partial charge is 0.352 e. The minimum Gasteiger partial charge on any atom is -0.352 e. The number of hydrogen-bond acceptors (Lipinski definition) is 3. The number of nitrogens with zero attached hydrogens (tertiary/aromatic N) is 4. The summed E-state index contributed by atoms with van der Waals surface area (Å²) in [6.45, 7) is 8.18. The Balaban J connectivity index is 1.75. The lowest BCUT2D eigenvalue weighted by Gasteiger charge is -2.27. The molecule has 0 spiro atoms. The Labute approximate surface area is 171 Å². The van der Waals surface area contributed by atoms with Crippen LogP contribution < -0.4 is 5.32 Å². The van der Waals surface area contributed by atoms with Crippen molar-refractivity contribution in [3.8, 4) is 0 Å². The molecule has 1 N–H and O–H groups in total. The fourth-order valence-corrected chi connectivity index (χ4v) is 4.50. The number of aromatic nitrogens is 3. The summed E-state index contributed by atoms with van der Waals surface area (Å²) >= 11 is 5.65. The first-order chi connectivity index (χ1) is 13.6. The van der Waals surface area contributed by atoms with Crippen molar-refractivity contribution in [2.45, 2.75) is 39.4 Å². The van der Waals surface area contributed by atoms with Gasteiger partial charge in [-0.1, -0.05) is 12.1 Å². The van der Waals surface area contributed by atoms with E-state index in [1.54, 1.807) is 0 Å². The molecular formula is C22H25N5S. The predicted molar refractivity (Wildman–Crippen MR) is 115 cm³/mol. The smallest absolute Gasteiger partial charge is 0.170 e. The molecule has 1 aliphatic heterocycles. The van der Waals surface area contributed by atoms with E-state index in [9.17, 15) is 0 Å². The molecule has 1 saturated heterocycles. The van der Waals surface area contributed by atoms with Gasteiger partial charge in [-0.25, -0.2) is 0 Å². The maximum absolute atomic E-state index is 5.65. The normalized spacial score (nSPS) is 19.1. The second-order valence-electron chi connectivity index (χ2n) is 7.19. The molecular weight excluding hydrogens is 366 g/mol. The van der Waals surface area contributed by atoms with Crippen LogP contribution in [0.3, 0.4) is 0 Å². The van der Waals surface area contributed by atoms with Crippen LogP contribution in [0, 0.1) is 13.8 Å². The molecule has 4 rings (SSSR count). The maximum atomic E-state index is 5.65. The minimum absolute atomic E-state index is 0.0426. The molecule has 0 amide bonds. The van der Waals surface area contributed by atoms with Crippen LogP contribution in [0.2, 0.25) is 0 Å². The fraction of sp³-hybridized carbons (Fsp3) is 0.318. The molecule has 144 valence electrons. The zero-order valence-corrected chi connectivity index (χ0v) is 17.3. The lowest BCUT2D eigenvalue weighted by Crippen LogP contribution is -2.29. The van der Waals surface area contributed by atoms with E-state index in [1.165, 1.54) is 22.5 Å². The van der Waals surface area contributed by atoms with Crippen LogP contribution in [-0.2, 0) is 6.54 Å². The monoisotopic (exact) mass is 391 g/mol. The minimum atomic E-state index is 0.0426. The second kappa shape index (κ2) is 7.72. The van der Waals surface area contributed by atoms with Crippen LogP contribution in [0.15, 0.2) is 55.0 Å². The van der Waals surface area contributed by atoms with Gasteiger partial charge in [0.05, 0.1) is 17.8 Å². The number of hydrogen-bond donors (Lipinski definition) is 1. The van der Waals surface area contributed by atoms with Gasteiger partial charge in [0, 0.05) is 43.1 Å². The number of aryl methyl sites for hydroxylation is 1. The molecule has 2 atom stereocenters.